The molecule has 5 heterocycles. The molecule has 1 aromatic carbocycles. The largest absolute Gasteiger partial charge is 0.467 e. The van der Waals surface area contributed by atoms with E-state index in [-0.39, 0.29) is 17.2 Å². The zero-order chi connectivity index (χ0) is 23.0. The molecule has 1 unspecified atom stereocenters. The Morgan fingerprint density at radius 2 is 2.03 bits per heavy atom. The Bertz CT molecular complexity index is 1080. The number of nitrogens with zero attached hydrogens (tertiary/aromatic N) is 4. The lowest BCUT2D eigenvalue weighted by Crippen LogP contribution is -2.57. The van der Waals surface area contributed by atoms with Crippen molar-refractivity contribution in [2.45, 2.75) is 58.2 Å². The molecule has 33 heavy (non-hydrogen) atoms. The number of nitrogens with one attached hydrogen (secondary N) is 1. The summed E-state index contributed by atoms with van der Waals surface area (Å²) < 4.78 is 7.29. The second kappa shape index (κ2) is 8.78. The SMILES string of the molecule is CC(C)(C)c1ccc(-c2cn(C[C@H]3C[C@H]4CCN3C[C@@H]4C(=O)NCc3ccco3)nn2)cc1. The summed E-state index contributed by atoms with van der Waals surface area (Å²) in [4.78, 5) is 15.2. The van der Waals surface area contributed by atoms with Gasteiger partial charge in [0.2, 0.25) is 5.91 Å². The van der Waals surface area contributed by atoms with E-state index in [9.17, 15) is 4.79 Å². The van der Waals surface area contributed by atoms with Crippen LogP contribution in [0.4, 0.5) is 0 Å². The molecule has 3 aromatic rings. The van der Waals surface area contributed by atoms with Crippen molar-refractivity contribution in [2.24, 2.45) is 11.8 Å². The first-order valence-electron chi connectivity index (χ1n) is 11.9. The number of furan rings is 1. The Labute approximate surface area is 195 Å². The number of carbonyl (C=O) groups excluding carboxylic acids is 1. The van der Waals surface area contributed by atoms with E-state index in [4.69, 9.17) is 4.42 Å². The monoisotopic (exact) mass is 447 g/mol. The molecule has 3 aliphatic heterocycles. The van der Waals surface area contributed by atoms with E-state index in [1.54, 1.807) is 6.26 Å². The second-order valence-electron chi connectivity index (χ2n) is 10.5. The fourth-order valence-corrected chi connectivity index (χ4v) is 5.22. The number of amides is 1. The third-order valence-electron chi connectivity index (χ3n) is 7.22. The van der Waals surface area contributed by atoms with E-state index in [0.29, 0.717) is 18.5 Å². The highest BCUT2D eigenvalue weighted by atomic mass is 16.3. The van der Waals surface area contributed by atoms with Gasteiger partial charge in [0.15, 0.2) is 0 Å². The topological polar surface area (TPSA) is 76.2 Å². The summed E-state index contributed by atoms with van der Waals surface area (Å²) in [5.41, 5.74) is 3.44. The minimum absolute atomic E-state index is 0.0533. The molecular formula is C26H33N5O2. The molecular weight excluding hydrogens is 414 g/mol. The van der Waals surface area contributed by atoms with Crippen molar-refractivity contribution in [3.8, 4) is 11.3 Å². The van der Waals surface area contributed by atoms with Gasteiger partial charge in [0.05, 0.1) is 31.5 Å². The highest BCUT2D eigenvalue weighted by molar-refractivity contribution is 5.79. The Balaban J connectivity index is 1.19. The summed E-state index contributed by atoms with van der Waals surface area (Å²) in [5, 5.41) is 11.9. The first-order valence-corrected chi connectivity index (χ1v) is 11.9. The quantitative estimate of drug-likeness (QED) is 0.621. The fraction of sp³-hybridized carbons (Fsp3) is 0.500. The molecule has 0 radical (unpaired) electrons. The number of carbonyl (C=O) groups is 1. The number of fused-ring (bicyclic) bond motifs is 3. The summed E-state index contributed by atoms with van der Waals surface area (Å²) in [7, 11) is 0. The number of hydrogen-bond donors (Lipinski definition) is 1. The summed E-state index contributed by atoms with van der Waals surface area (Å²) in [6.45, 7) is 9.79. The van der Waals surface area contributed by atoms with Gasteiger partial charge in [-0.25, -0.2) is 0 Å². The zero-order valence-electron chi connectivity index (χ0n) is 19.7. The Hall–Kier alpha value is -2.93. The zero-order valence-corrected chi connectivity index (χ0v) is 19.7. The lowest BCUT2D eigenvalue weighted by Gasteiger charge is -2.49. The Morgan fingerprint density at radius 3 is 2.70 bits per heavy atom. The van der Waals surface area contributed by atoms with Gasteiger partial charge in [-0.3, -0.25) is 14.4 Å². The van der Waals surface area contributed by atoms with Crippen LogP contribution in [0.5, 0.6) is 0 Å². The fourth-order valence-electron chi connectivity index (χ4n) is 5.22. The number of hydrogen-bond acceptors (Lipinski definition) is 5. The van der Waals surface area contributed by atoms with Crippen LogP contribution in [0.2, 0.25) is 0 Å². The average Bonchev–Trinajstić information content (AvgIpc) is 3.50. The average molecular weight is 448 g/mol. The standard InChI is InChI=1S/C26H33N5O2/c1-26(2,3)20-8-6-18(7-9-20)24-17-31(29-28-24)15-21-13-19-10-11-30(21)16-23(19)25(32)27-14-22-5-4-12-33-22/h4-9,12,17,19,21,23H,10-11,13-16H2,1-3H3,(H,27,32)/t19-,21-,23+/m1/s1. The van der Waals surface area contributed by atoms with Gasteiger partial charge in [-0.15, -0.1) is 5.10 Å². The molecule has 2 aromatic heterocycles. The Kier molecular flexibility index (Phi) is 5.83. The van der Waals surface area contributed by atoms with Crippen LogP contribution < -0.4 is 5.32 Å². The van der Waals surface area contributed by atoms with Crippen molar-refractivity contribution in [1.82, 2.24) is 25.2 Å². The van der Waals surface area contributed by atoms with Crippen LogP contribution in [-0.2, 0) is 23.3 Å². The molecule has 0 spiro atoms. The van der Waals surface area contributed by atoms with E-state index < -0.39 is 0 Å². The molecule has 1 amide bonds. The van der Waals surface area contributed by atoms with Gasteiger partial charge >= 0.3 is 0 Å². The van der Waals surface area contributed by atoms with Crippen LogP contribution in [0.15, 0.2) is 53.3 Å². The van der Waals surface area contributed by atoms with E-state index in [2.05, 4.69) is 65.6 Å². The lowest BCUT2D eigenvalue weighted by molar-refractivity contribution is -0.133. The maximum Gasteiger partial charge on any atom is 0.225 e. The summed E-state index contributed by atoms with van der Waals surface area (Å²) in [6, 6.07) is 12.7. The second-order valence-corrected chi connectivity index (χ2v) is 10.5. The molecule has 3 aliphatic rings. The van der Waals surface area contributed by atoms with Crippen LogP contribution in [0.25, 0.3) is 11.3 Å². The van der Waals surface area contributed by atoms with Crippen LogP contribution >= 0.6 is 0 Å². The van der Waals surface area contributed by atoms with Gasteiger partial charge in [-0.1, -0.05) is 50.3 Å². The molecule has 4 atom stereocenters. The van der Waals surface area contributed by atoms with E-state index in [1.807, 2.05) is 23.0 Å². The summed E-state index contributed by atoms with van der Waals surface area (Å²) >= 11 is 0. The first-order chi connectivity index (χ1) is 15.9. The van der Waals surface area contributed by atoms with Gasteiger partial charge in [0, 0.05) is 18.2 Å². The van der Waals surface area contributed by atoms with E-state index in [1.165, 1.54) is 5.56 Å². The molecule has 6 rings (SSSR count). The highest BCUT2D eigenvalue weighted by Crippen LogP contribution is 2.37. The van der Waals surface area contributed by atoms with Crippen molar-refractivity contribution in [3.05, 3.63) is 60.2 Å². The predicted octanol–water partition coefficient (Wildman–Crippen LogP) is 3.86. The molecule has 174 valence electrons. The lowest BCUT2D eigenvalue weighted by atomic mass is 9.75. The van der Waals surface area contributed by atoms with Crippen LogP contribution in [0.1, 0.15) is 44.9 Å². The van der Waals surface area contributed by atoms with E-state index >= 15 is 0 Å². The normalized spacial score (nSPS) is 24.7. The number of piperidine rings is 3. The molecule has 0 aliphatic carbocycles. The molecule has 3 fully saturated rings. The van der Waals surface area contributed by atoms with Gasteiger partial charge < -0.3 is 9.73 Å². The predicted molar refractivity (Wildman–Crippen MR) is 126 cm³/mol. The van der Waals surface area contributed by atoms with E-state index in [0.717, 1.165) is 49.5 Å². The smallest absolute Gasteiger partial charge is 0.225 e. The van der Waals surface area contributed by atoms with Crippen molar-refractivity contribution in [2.75, 3.05) is 13.1 Å². The maximum absolute atomic E-state index is 12.8. The minimum atomic E-state index is 0.0533. The van der Waals surface area contributed by atoms with Crippen LogP contribution in [0, 0.1) is 11.8 Å². The molecule has 2 bridgehead atoms. The number of rotatable bonds is 6. The van der Waals surface area contributed by atoms with Gasteiger partial charge in [-0.2, -0.15) is 0 Å². The Morgan fingerprint density at radius 1 is 1.21 bits per heavy atom. The molecule has 0 saturated carbocycles. The third kappa shape index (κ3) is 4.74. The molecule has 7 heteroatoms. The van der Waals surface area contributed by atoms with Gasteiger partial charge in [0.25, 0.3) is 0 Å². The summed E-state index contributed by atoms with van der Waals surface area (Å²) in [6.07, 6.45) is 5.78. The maximum atomic E-state index is 12.8. The van der Waals surface area contributed by atoms with Crippen molar-refractivity contribution < 1.29 is 9.21 Å². The van der Waals surface area contributed by atoms with Gasteiger partial charge in [-0.05, 0) is 48.4 Å². The molecule has 7 nitrogen and oxygen atoms in total. The molecule has 3 saturated heterocycles. The van der Waals surface area contributed by atoms with Crippen molar-refractivity contribution in [1.29, 1.82) is 0 Å². The van der Waals surface area contributed by atoms with Crippen LogP contribution in [-0.4, -0.2) is 44.9 Å². The number of aromatic nitrogens is 3. The van der Waals surface area contributed by atoms with Gasteiger partial charge in [0.1, 0.15) is 11.5 Å². The van der Waals surface area contributed by atoms with Crippen LogP contribution in [0.3, 0.4) is 0 Å². The number of benzene rings is 1. The summed E-state index contributed by atoms with van der Waals surface area (Å²) in [5.74, 6) is 1.40. The highest BCUT2D eigenvalue weighted by Gasteiger charge is 2.43. The third-order valence-corrected chi connectivity index (χ3v) is 7.22. The molecule has 1 N–H and O–H groups in total. The van der Waals surface area contributed by atoms with Crippen molar-refractivity contribution >= 4 is 5.91 Å². The minimum Gasteiger partial charge on any atom is -0.467 e. The first kappa shape index (κ1) is 21.9. The van der Waals surface area contributed by atoms with Crippen molar-refractivity contribution in [3.63, 3.8) is 0 Å².